The van der Waals surface area contributed by atoms with Crippen molar-refractivity contribution in [2.75, 3.05) is 0 Å². The van der Waals surface area contributed by atoms with Crippen molar-refractivity contribution < 1.29 is 23.9 Å². The molecule has 3 rings (SSSR count). The number of ketones is 1. The zero-order valence-electron chi connectivity index (χ0n) is 17.8. The Morgan fingerprint density at radius 1 is 1.25 bits per heavy atom. The van der Waals surface area contributed by atoms with Gasteiger partial charge < -0.3 is 9.47 Å². The standard InChI is InChI=1S/C23H32O5/c1-7-13(2)21(26)28-23(6)17-10-11-22(5)19(27-15(4)24)9-8-14(3)20(22)16(17)12-18(23)25/h7-8,16-17,19-20H,9-12H2,1-6H3/b13-7+/t16-,17-,19-,20+,22-,23+/m1/s1. The molecule has 0 aromatic carbocycles. The fraction of sp³-hybridized carbons (Fsp3) is 0.696. The van der Waals surface area contributed by atoms with Crippen LogP contribution in [0, 0.1) is 23.2 Å². The molecule has 6 atom stereocenters. The van der Waals surface area contributed by atoms with Gasteiger partial charge in [-0.15, -0.1) is 0 Å². The van der Waals surface area contributed by atoms with E-state index in [-0.39, 0.29) is 41.0 Å². The van der Waals surface area contributed by atoms with E-state index in [4.69, 9.17) is 9.47 Å². The van der Waals surface area contributed by atoms with Gasteiger partial charge in [-0.1, -0.05) is 24.6 Å². The molecular formula is C23H32O5. The highest BCUT2D eigenvalue weighted by molar-refractivity contribution is 5.95. The van der Waals surface area contributed by atoms with Gasteiger partial charge in [0.05, 0.1) is 0 Å². The van der Waals surface area contributed by atoms with E-state index in [2.05, 4.69) is 19.9 Å². The Balaban J connectivity index is 1.93. The summed E-state index contributed by atoms with van der Waals surface area (Å²) in [7, 11) is 0. The van der Waals surface area contributed by atoms with Crippen molar-refractivity contribution in [1.82, 2.24) is 0 Å². The lowest BCUT2D eigenvalue weighted by Crippen LogP contribution is -2.53. The average molecular weight is 389 g/mol. The summed E-state index contributed by atoms with van der Waals surface area (Å²) in [5.41, 5.74) is 0.498. The van der Waals surface area contributed by atoms with Crippen molar-refractivity contribution in [3.8, 4) is 0 Å². The van der Waals surface area contributed by atoms with Crippen LogP contribution < -0.4 is 0 Å². The van der Waals surface area contributed by atoms with E-state index < -0.39 is 11.6 Å². The predicted octanol–water partition coefficient (Wildman–Crippen LogP) is 4.16. The third-order valence-electron chi connectivity index (χ3n) is 7.58. The maximum Gasteiger partial charge on any atom is 0.334 e. The van der Waals surface area contributed by atoms with Crippen LogP contribution in [0.3, 0.4) is 0 Å². The number of carbonyl (C=O) groups excluding carboxylic acids is 3. The average Bonchev–Trinajstić information content (AvgIpc) is 2.86. The summed E-state index contributed by atoms with van der Waals surface area (Å²) in [6.07, 6.45) is 6.43. The van der Waals surface area contributed by atoms with Crippen LogP contribution >= 0.6 is 0 Å². The number of rotatable bonds is 3. The molecule has 5 heteroatoms. The molecule has 154 valence electrons. The van der Waals surface area contributed by atoms with E-state index in [0.717, 1.165) is 19.3 Å². The maximum atomic E-state index is 13.1. The number of hydrogen-bond acceptors (Lipinski definition) is 5. The molecule has 0 unspecified atom stereocenters. The quantitative estimate of drug-likeness (QED) is 0.412. The minimum absolute atomic E-state index is 0.00594. The summed E-state index contributed by atoms with van der Waals surface area (Å²) >= 11 is 0. The normalized spacial score (nSPS) is 40.3. The number of hydrogen-bond donors (Lipinski definition) is 0. The van der Waals surface area contributed by atoms with Crippen molar-refractivity contribution in [3.63, 3.8) is 0 Å². The highest BCUT2D eigenvalue weighted by atomic mass is 16.6. The second-order valence-corrected chi connectivity index (χ2v) is 9.17. The monoisotopic (exact) mass is 388 g/mol. The van der Waals surface area contributed by atoms with Crippen molar-refractivity contribution in [2.24, 2.45) is 23.2 Å². The predicted molar refractivity (Wildman–Crippen MR) is 105 cm³/mol. The topological polar surface area (TPSA) is 69.7 Å². The highest BCUT2D eigenvalue weighted by Crippen LogP contribution is 2.61. The van der Waals surface area contributed by atoms with Gasteiger partial charge in [0.25, 0.3) is 0 Å². The molecule has 0 aliphatic heterocycles. The van der Waals surface area contributed by atoms with E-state index in [0.29, 0.717) is 12.0 Å². The molecule has 0 spiro atoms. The summed E-state index contributed by atoms with van der Waals surface area (Å²) in [4.78, 5) is 37.1. The first-order valence-electron chi connectivity index (χ1n) is 10.3. The lowest BCUT2D eigenvalue weighted by atomic mass is 9.52. The molecule has 0 amide bonds. The summed E-state index contributed by atoms with van der Waals surface area (Å²) in [6.45, 7) is 11.0. The third-order valence-corrected chi connectivity index (χ3v) is 7.58. The van der Waals surface area contributed by atoms with Crippen molar-refractivity contribution in [3.05, 3.63) is 23.3 Å². The molecule has 2 fully saturated rings. The summed E-state index contributed by atoms with van der Waals surface area (Å²) in [5, 5.41) is 0. The molecular weight excluding hydrogens is 356 g/mol. The molecule has 0 heterocycles. The van der Waals surface area contributed by atoms with Crippen molar-refractivity contribution in [2.45, 2.75) is 78.9 Å². The minimum Gasteiger partial charge on any atom is -0.462 e. The number of Topliss-reactive ketones (excluding diaryl/α,β-unsaturated/α-hetero) is 1. The molecule has 2 saturated carbocycles. The zero-order valence-corrected chi connectivity index (χ0v) is 17.8. The fourth-order valence-electron chi connectivity index (χ4n) is 5.94. The Hall–Kier alpha value is -1.91. The Labute approximate surface area is 167 Å². The Bertz CT molecular complexity index is 763. The number of esters is 2. The van der Waals surface area contributed by atoms with Crippen LogP contribution in [0.1, 0.15) is 67.2 Å². The van der Waals surface area contributed by atoms with Crippen LogP contribution in [0.4, 0.5) is 0 Å². The van der Waals surface area contributed by atoms with Gasteiger partial charge in [0.1, 0.15) is 6.10 Å². The van der Waals surface area contributed by atoms with Gasteiger partial charge in [0, 0.05) is 36.7 Å². The molecule has 28 heavy (non-hydrogen) atoms. The summed E-state index contributed by atoms with van der Waals surface area (Å²) in [5.74, 6) is -0.428. The van der Waals surface area contributed by atoms with Gasteiger partial charge in [0.2, 0.25) is 0 Å². The minimum atomic E-state index is -1.08. The Morgan fingerprint density at radius 2 is 1.93 bits per heavy atom. The number of allylic oxidation sites excluding steroid dienone is 2. The molecule has 0 aromatic rings. The first kappa shape index (κ1) is 20.8. The van der Waals surface area contributed by atoms with E-state index in [1.54, 1.807) is 26.8 Å². The summed E-state index contributed by atoms with van der Waals surface area (Å²) in [6, 6.07) is 0. The van der Waals surface area contributed by atoms with Gasteiger partial charge in [0.15, 0.2) is 11.4 Å². The number of ether oxygens (including phenoxy) is 2. The maximum absolute atomic E-state index is 13.1. The van der Waals surface area contributed by atoms with Gasteiger partial charge in [-0.25, -0.2) is 4.79 Å². The zero-order chi connectivity index (χ0) is 20.9. The second kappa shape index (κ2) is 7.16. The van der Waals surface area contributed by atoms with Gasteiger partial charge >= 0.3 is 11.9 Å². The molecule has 3 aliphatic rings. The summed E-state index contributed by atoms with van der Waals surface area (Å²) < 4.78 is 11.5. The first-order valence-corrected chi connectivity index (χ1v) is 10.3. The number of fused-ring (bicyclic) bond motifs is 3. The molecule has 0 bridgehead atoms. The molecule has 0 saturated heterocycles. The van der Waals surface area contributed by atoms with Crippen LogP contribution in [0.2, 0.25) is 0 Å². The first-order chi connectivity index (χ1) is 13.0. The van der Waals surface area contributed by atoms with Crippen molar-refractivity contribution >= 4 is 17.7 Å². The van der Waals surface area contributed by atoms with E-state index in [1.807, 2.05) is 0 Å². The molecule has 5 nitrogen and oxygen atoms in total. The molecule has 0 radical (unpaired) electrons. The van der Waals surface area contributed by atoms with E-state index in [9.17, 15) is 14.4 Å². The molecule has 3 aliphatic carbocycles. The van der Waals surface area contributed by atoms with E-state index >= 15 is 0 Å². The lowest BCUT2D eigenvalue weighted by molar-refractivity contribution is -0.172. The largest absolute Gasteiger partial charge is 0.462 e. The Morgan fingerprint density at radius 3 is 2.54 bits per heavy atom. The van der Waals surface area contributed by atoms with Crippen LogP contribution in [0.25, 0.3) is 0 Å². The second-order valence-electron chi connectivity index (χ2n) is 9.17. The van der Waals surface area contributed by atoms with E-state index in [1.165, 1.54) is 12.5 Å². The van der Waals surface area contributed by atoms with Crippen LogP contribution in [0.5, 0.6) is 0 Å². The SMILES string of the molecule is C/C=C(\C)C(=O)O[C@]1(C)C(=O)C[C@@H]2[C@H]1CC[C@]1(C)[C@H](OC(C)=O)CC=C(C)[C@@H]21. The van der Waals surface area contributed by atoms with Gasteiger partial charge in [-0.2, -0.15) is 0 Å². The third kappa shape index (κ3) is 3.13. The fourth-order valence-corrected chi connectivity index (χ4v) is 5.94. The molecule has 0 N–H and O–H groups in total. The van der Waals surface area contributed by atoms with Gasteiger partial charge in [-0.3, -0.25) is 9.59 Å². The lowest BCUT2D eigenvalue weighted by Gasteiger charge is -2.54. The smallest absolute Gasteiger partial charge is 0.334 e. The van der Waals surface area contributed by atoms with Crippen molar-refractivity contribution in [1.29, 1.82) is 0 Å². The van der Waals surface area contributed by atoms with Gasteiger partial charge in [-0.05, 0) is 52.4 Å². The highest BCUT2D eigenvalue weighted by Gasteiger charge is 2.63. The van der Waals surface area contributed by atoms with Crippen LogP contribution in [0.15, 0.2) is 23.3 Å². The number of carbonyl (C=O) groups is 3. The Kier molecular flexibility index (Phi) is 5.32. The van der Waals surface area contributed by atoms with Crippen LogP contribution in [-0.2, 0) is 23.9 Å². The molecule has 0 aromatic heterocycles. The van der Waals surface area contributed by atoms with Crippen LogP contribution in [-0.4, -0.2) is 29.4 Å².